The number of hydrogen-bond donors (Lipinski definition) is 1. The van der Waals surface area contributed by atoms with Crippen molar-refractivity contribution in [2.45, 2.75) is 32.9 Å². The van der Waals surface area contributed by atoms with Gasteiger partial charge in [0, 0.05) is 12.6 Å². The lowest BCUT2D eigenvalue weighted by Gasteiger charge is -2.13. The fraction of sp³-hybridized carbons (Fsp3) is 0.538. The molecule has 0 radical (unpaired) electrons. The molecule has 1 unspecified atom stereocenters. The van der Waals surface area contributed by atoms with Gasteiger partial charge in [-0.3, -0.25) is 0 Å². The van der Waals surface area contributed by atoms with Gasteiger partial charge in [0.2, 0.25) is 0 Å². The number of nitrogens with one attached hydrogen (secondary N) is 1. The molecule has 1 aromatic carbocycles. The molecule has 1 atom stereocenters. The van der Waals surface area contributed by atoms with Crippen LogP contribution < -0.4 is 14.8 Å². The molecular formula is C13H21NO2. The average Bonchev–Trinajstić information content (AvgIpc) is 2.35. The molecule has 0 bridgehead atoms. The predicted molar refractivity (Wildman–Crippen MR) is 66.1 cm³/mol. The molecule has 0 spiro atoms. The minimum Gasteiger partial charge on any atom is -0.493 e. The topological polar surface area (TPSA) is 30.5 Å². The molecule has 0 amide bonds. The monoisotopic (exact) mass is 223 g/mol. The molecule has 0 heterocycles. The van der Waals surface area contributed by atoms with Gasteiger partial charge in [0.05, 0.1) is 14.2 Å². The number of rotatable bonds is 6. The molecule has 1 rings (SSSR count). The normalized spacial score (nSPS) is 12.2. The molecule has 0 aromatic heterocycles. The fourth-order valence-electron chi connectivity index (χ4n) is 1.43. The van der Waals surface area contributed by atoms with Crippen LogP contribution in [0.5, 0.6) is 11.5 Å². The third-order valence-corrected chi connectivity index (χ3v) is 2.71. The lowest BCUT2D eigenvalue weighted by atomic mass is 10.2. The molecule has 0 aliphatic carbocycles. The smallest absolute Gasteiger partial charge is 0.161 e. The minimum atomic E-state index is 0.535. The van der Waals surface area contributed by atoms with E-state index in [0.717, 1.165) is 24.5 Å². The summed E-state index contributed by atoms with van der Waals surface area (Å²) >= 11 is 0. The second kappa shape index (κ2) is 6.38. The molecule has 90 valence electrons. The summed E-state index contributed by atoms with van der Waals surface area (Å²) in [5, 5.41) is 3.44. The van der Waals surface area contributed by atoms with Crippen LogP contribution in [0.15, 0.2) is 18.2 Å². The van der Waals surface area contributed by atoms with Crippen molar-refractivity contribution >= 4 is 0 Å². The van der Waals surface area contributed by atoms with Gasteiger partial charge in [0.1, 0.15) is 0 Å². The largest absolute Gasteiger partial charge is 0.493 e. The Labute approximate surface area is 97.8 Å². The molecule has 3 nitrogen and oxygen atoms in total. The van der Waals surface area contributed by atoms with Gasteiger partial charge in [-0.1, -0.05) is 13.0 Å². The zero-order chi connectivity index (χ0) is 12.0. The van der Waals surface area contributed by atoms with Crippen LogP contribution >= 0.6 is 0 Å². The summed E-state index contributed by atoms with van der Waals surface area (Å²) in [5.41, 5.74) is 1.21. The first kappa shape index (κ1) is 12.8. The van der Waals surface area contributed by atoms with Gasteiger partial charge in [0.25, 0.3) is 0 Å². The highest BCUT2D eigenvalue weighted by molar-refractivity contribution is 5.42. The Kier molecular flexibility index (Phi) is 5.12. The van der Waals surface area contributed by atoms with Gasteiger partial charge < -0.3 is 14.8 Å². The van der Waals surface area contributed by atoms with Crippen molar-refractivity contribution < 1.29 is 9.47 Å². The van der Waals surface area contributed by atoms with Crippen LogP contribution in [-0.4, -0.2) is 20.3 Å². The Hall–Kier alpha value is -1.22. The molecule has 0 saturated heterocycles. The number of ether oxygens (including phenoxy) is 2. The van der Waals surface area contributed by atoms with Crippen molar-refractivity contribution in [2.24, 2.45) is 0 Å². The maximum Gasteiger partial charge on any atom is 0.161 e. The molecule has 0 fully saturated rings. The van der Waals surface area contributed by atoms with Crippen molar-refractivity contribution in [3.05, 3.63) is 23.8 Å². The first-order chi connectivity index (χ1) is 7.71. The maximum atomic E-state index is 5.26. The number of hydrogen-bond acceptors (Lipinski definition) is 3. The van der Waals surface area contributed by atoms with Crippen molar-refractivity contribution in [1.29, 1.82) is 0 Å². The Morgan fingerprint density at radius 3 is 2.44 bits per heavy atom. The van der Waals surface area contributed by atoms with Crippen LogP contribution in [-0.2, 0) is 6.54 Å². The third-order valence-electron chi connectivity index (χ3n) is 2.71. The van der Waals surface area contributed by atoms with E-state index in [2.05, 4.69) is 25.2 Å². The van der Waals surface area contributed by atoms with Gasteiger partial charge in [-0.15, -0.1) is 0 Å². The van der Waals surface area contributed by atoms with Crippen LogP contribution in [0.2, 0.25) is 0 Å². The molecule has 16 heavy (non-hydrogen) atoms. The second-order valence-corrected chi connectivity index (χ2v) is 3.88. The van der Waals surface area contributed by atoms with Gasteiger partial charge >= 0.3 is 0 Å². The van der Waals surface area contributed by atoms with E-state index < -0.39 is 0 Å². The molecule has 1 N–H and O–H groups in total. The second-order valence-electron chi connectivity index (χ2n) is 3.88. The quantitative estimate of drug-likeness (QED) is 0.804. The highest BCUT2D eigenvalue weighted by Gasteiger charge is 2.05. The highest BCUT2D eigenvalue weighted by Crippen LogP contribution is 2.27. The van der Waals surface area contributed by atoms with Gasteiger partial charge in [-0.05, 0) is 31.0 Å². The summed E-state index contributed by atoms with van der Waals surface area (Å²) in [4.78, 5) is 0. The number of methoxy groups -OCH3 is 2. The van der Waals surface area contributed by atoms with Crippen molar-refractivity contribution in [2.75, 3.05) is 14.2 Å². The van der Waals surface area contributed by atoms with Crippen LogP contribution in [0.3, 0.4) is 0 Å². The van der Waals surface area contributed by atoms with Gasteiger partial charge in [-0.2, -0.15) is 0 Å². The fourth-order valence-corrected chi connectivity index (χ4v) is 1.43. The molecule has 0 aliphatic rings. The van der Waals surface area contributed by atoms with Crippen molar-refractivity contribution in [3.63, 3.8) is 0 Å². The molecular weight excluding hydrogens is 202 g/mol. The van der Waals surface area contributed by atoms with Gasteiger partial charge in [0.15, 0.2) is 11.5 Å². The predicted octanol–water partition coefficient (Wildman–Crippen LogP) is 2.59. The van der Waals surface area contributed by atoms with E-state index in [0.29, 0.717) is 6.04 Å². The number of benzene rings is 1. The Bertz CT molecular complexity index is 326. The summed E-state index contributed by atoms with van der Waals surface area (Å²) in [7, 11) is 3.30. The summed E-state index contributed by atoms with van der Waals surface area (Å²) in [5.74, 6) is 1.56. The summed E-state index contributed by atoms with van der Waals surface area (Å²) in [6.07, 6.45) is 1.13. The molecule has 3 heteroatoms. The Balaban J connectivity index is 2.67. The average molecular weight is 223 g/mol. The summed E-state index contributed by atoms with van der Waals surface area (Å²) in [6.45, 7) is 5.21. The van der Waals surface area contributed by atoms with Crippen molar-refractivity contribution in [3.8, 4) is 11.5 Å². The van der Waals surface area contributed by atoms with E-state index in [1.807, 2.05) is 12.1 Å². The van der Waals surface area contributed by atoms with E-state index in [4.69, 9.17) is 9.47 Å². The SMILES string of the molecule is CCC(C)NCc1ccc(OC)c(OC)c1. The zero-order valence-electron chi connectivity index (χ0n) is 10.5. The Morgan fingerprint density at radius 1 is 1.19 bits per heavy atom. The first-order valence-electron chi connectivity index (χ1n) is 5.65. The minimum absolute atomic E-state index is 0.535. The standard InChI is InChI=1S/C13H21NO2/c1-5-10(2)14-9-11-6-7-12(15-3)13(8-11)16-4/h6-8,10,14H,5,9H2,1-4H3. The van der Waals surface area contributed by atoms with E-state index >= 15 is 0 Å². The van der Waals surface area contributed by atoms with Crippen LogP contribution in [0.4, 0.5) is 0 Å². The van der Waals surface area contributed by atoms with E-state index in [1.54, 1.807) is 14.2 Å². The lowest BCUT2D eigenvalue weighted by Crippen LogP contribution is -2.24. The lowest BCUT2D eigenvalue weighted by molar-refractivity contribution is 0.354. The highest BCUT2D eigenvalue weighted by atomic mass is 16.5. The molecule has 0 aliphatic heterocycles. The zero-order valence-corrected chi connectivity index (χ0v) is 10.5. The first-order valence-corrected chi connectivity index (χ1v) is 5.65. The van der Waals surface area contributed by atoms with Crippen LogP contribution in [0.1, 0.15) is 25.8 Å². The Morgan fingerprint density at radius 2 is 1.88 bits per heavy atom. The summed E-state index contributed by atoms with van der Waals surface area (Å²) < 4.78 is 10.4. The van der Waals surface area contributed by atoms with E-state index in [1.165, 1.54) is 5.56 Å². The molecule has 0 saturated carbocycles. The van der Waals surface area contributed by atoms with Crippen LogP contribution in [0, 0.1) is 0 Å². The maximum absolute atomic E-state index is 5.26. The van der Waals surface area contributed by atoms with E-state index in [-0.39, 0.29) is 0 Å². The van der Waals surface area contributed by atoms with Crippen LogP contribution in [0.25, 0.3) is 0 Å². The third kappa shape index (κ3) is 3.42. The van der Waals surface area contributed by atoms with Gasteiger partial charge in [-0.25, -0.2) is 0 Å². The summed E-state index contributed by atoms with van der Waals surface area (Å²) in [6, 6.07) is 6.53. The van der Waals surface area contributed by atoms with E-state index in [9.17, 15) is 0 Å². The van der Waals surface area contributed by atoms with Crippen molar-refractivity contribution in [1.82, 2.24) is 5.32 Å². The molecule has 1 aromatic rings.